The van der Waals surface area contributed by atoms with E-state index in [1.165, 1.54) is 12.1 Å². The highest BCUT2D eigenvalue weighted by Crippen LogP contribution is 2.09. The molecule has 0 atom stereocenters. The van der Waals surface area contributed by atoms with Gasteiger partial charge in [0.15, 0.2) is 11.6 Å². The quantitative estimate of drug-likeness (QED) is 0.731. The predicted octanol–water partition coefficient (Wildman–Crippen LogP) is 2.68. The summed E-state index contributed by atoms with van der Waals surface area (Å²) in [6.07, 6.45) is 0.734. The van der Waals surface area contributed by atoms with Crippen LogP contribution >= 0.6 is 0 Å². The van der Waals surface area contributed by atoms with Crippen molar-refractivity contribution in [1.29, 1.82) is 0 Å². The Balaban J connectivity index is 2.22. The summed E-state index contributed by atoms with van der Waals surface area (Å²) in [7, 11) is 2.04. The van der Waals surface area contributed by atoms with E-state index >= 15 is 0 Å². The summed E-state index contributed by atoms with van der Waals surface area (Å²) in [5.74, 6) is -0.888. The highest BCUT2D eigenvalue weighted by atomic mass is 19.2. The largest absolute Gasteiger partial charge is 0.315 e. The molecule has 0 radical (unpaired) electrons. The van der Waals surface area contributed by atoms with Gasteiger partial charge in [-0.3, -0.25) is 0 Å². The third-order valence-corrected chi connectivity index (χ3v) is 2.99. The highest BCUT2D eigenvalue weighted by Gasteiger charge is 2.04. The lowest BCUT2D eigenvalue weighted by atomic mass is 10.1. The van der Waals surface area contributed by atoms with Gasteiger partial charge in [-0.2, -0.15) is 0 Å². The molecule has 1 N–H and O–H groups in total. The van der Waals surface area contributed by atoms with E-state index in [0.29, 0.717) is 5.92 Å². The van der Waals surface area contributed by atoms with Crippen LogP contribution in [0.15, 0.2) is 18.2 Å². The van der Waals surface area contributed by atoms with Crippen LogP contribution in [0, 0.1) is 17.6 Å². The van der Waals surface area contributed by atoms with Gasteiger partial charge in [0, 0.05) is 19.6 Å². The van der Waals surface area contributed by atoms with Crippen LogP contribution in [0.25, 0.3) is 0 Å². The van der Waals surface area contributed by atoms with Crippen molar-refractivity contribution in [3.8, 4) is 0 Å². The van der Waals surface area contributed by atoms with Gasteiger partial charge in [0.2, 0.25) is 0 Å². The summed E-state index contributed by atoms with van der Waals surface area (Å²) >= 11 is 0. The van der Waals surface area contributed by atoms with Crippen LogP contribution < -0.4 is 5.32 Å². The van der Waals surface area contributed by atoms with Crippen LogP contribution in [-0.4, -0.2) is 38.1 Å². The molecule has 1 aromatic rings. The van der Waals surface area contributed by atoms with E-state index in [9.17, 15) is 8.78 Å². The van der Waals surface area contributed by atoms with Crippen molar-refractivity contribution in [1.82, 2.24) is 10.2 Å². The van der Waals surface area contributed by atoms with Crippen molar-refractivity contribution in [3.05, 3.63) is 35.4 Å². The molecule has 4 heteroatoms. The maximum atomic E-state index is 13.0. The first-order valence-corrected chi connectivity index (χ1v) is 6.82. The molecule has 0 fully saturated rings. The van der Waals surface area contributed by atoms with E-state index in [1.807, 2.05) is 7.05 Å². The van der Waals surface area contributed by atoms with Gasteiger partial charge in [0.05, 0.1) is 0 Å². The number of rotatable bonds is 8. The van der Waals surface area contributed by atoms with Crippen molar-refractivity contribution >= 4 is 0 Å². The van der Waals surface area contributed by atoms with E-state index in [4.69, 9.17) is 0 Å². The molecular weight excluding hydrogens is 246 g/mol. The predicted molar refractivity (Wildman–Crippen MR) is 75.3 cm³/mol. The molecular formula is C15H24F2N2. The zero-order valence-electron chi connectivity index (χ0n) is 12.0. The fourth-order valence-corrected chi connectivity index (χ4v) is 1.79. The third kappa shape index (κ3) is 6.64. The molecule has 0 spiro atoms. The number of nitrogens with zero attached hydrogens (tertiary/aromatic N) is 1. The number of likely N-dealkylation sites (N-methyl/N-ethyl adjacent to an activating group) is 1. The fourth-order valence-electron chi connectivity index (χ4n) is 1.79. The molecule has 0 aliphatic carbocycles. The number of hydrogen-bond acceptors (Lipinski definition) is 2. The molecule has 0 aliphatic rings. The van der Waals surface area contributed by atoms with E-state index in [2.05, 4.69) is 24.1 Å². The maximum Gasteiger partial charge on any atom is 0.159 e. The van der Waals surface area contributed by atoms with Crippen molar-refractivity contribution in [2.24, 2.45) is 5.92 Å². The first-order valence-electron chi connectivity index (χ1n) is 6.82. The Morgan fingerprint density at radius 1 is 1.16 bits per heavy atom. The van der Waals surface area contributed by atoms with Gasteiger partial charge in [0.25, 0.3) is 0 Å². The first kappa shape index (κ1) is 16.1. The number of benzene rings is 1. The molecule has 0 bridgehead atoms. The molecule has 0 heterocycles. The minimum absolute atomic E-state index is 0.660. The molecule has 2 nitrogen and oxygen atoms in total. The Bertz CT molecular complexity index is 380. The molecule has 0 aliphatic heterocycles. The Labute approximate surface area is 114 Å². The summed E-state index contributed by atoms with van der Waals surface area (Å²) in [6.45, 7) is 8.13. The zero-order valence-corrected chi connectivity index (χ0v) is 12.0. The van der Waals surface area contributed by atoms with Crippen LogP contribution in [0.5, 0.6) is 0 Å². The van der Waals surface area contributed by atoms with Gasteiger partial charge in [-0.1, -0.05) is 19.9 Å². The maximum absolute atomic E-state index is 13.0. The van der Waals surface area contributed by atoms with E-state index in [-0.39, 0.29) is 0 Å². The van der Waals surface area contributed by atoms with Gasteiger partial charge in [-0.25, -0.2) is 8.78 Å². The topological polar surface area (TPSA) is 15.3 Å². The van der Waals surface area contributed by atoms with Gasteiger partial charge in [-0.15, -0.1) is 0 Å². The van der Waals surface area contributed by atoms with Crippen molar-refractivity contribution < 1.29 is 8.78 Å². The minimum atomic E-state index is -0.782. The SMILES string of the molecule is CC(C)CNCCN(C)CCc1ccc(F)c(F)c1. The minimum Gasteiger partial charge on any atom is -0.315 e. The number of hydrogen-bond donors (Lipinski definition) is 1. The van der Waals surface area contributed by atoms with Gasteiger partial charge >= 0.3 is 0 Å². The Morgan fingerprint density at radius 2 is 1.89 bits per heavy atom. The van der Waals surface area contributed by atoms with E-state index in [1.54, 1.807) is 6.07 Å². The highest BCUT2D eigenvalue weighted by molar-refractivity contribution is 5.18. The molecule has 108 valence electrons. The molecule has 0 saturated carbocycles. The van der Waals surface area contributed by atoms with Gasteiger partial charge in [0.1, 0.15) is 0 Å². The first-order chi connectivity index (χ1) is 8.99. The van der Waals surface area contributed by atoms with Crippen molar-refractivity contribution in [2.75, 3.05) is 33.2 Å². The van der Waals surface area contributed by atoms with Crippen LogP contribution in [0.3, 0.4) is 0 Å². The van der Waals surface area contributed by atoms with E-state index in [0.717, 1.165) is 38.2 Å². The standard InChI is InChI=1S/C15H24F2N2/c1-12(2)11-18-7-9-19(3)8-6-13-4-5-14(16)15(17)10-13/h4-5,10,12,18H,6-9,11H2,1-3H3. The second-order valence-electron chi connectivity index (χ2n) is 5.40. The molecule has 1 aromatic carbocycles. The van der Waals surface area contributed by atoms with Crippen LogP contribution in [-0.2, 0) is 6.42 Å². The lowest BCUT2D eigenvalue weighted by molar-refractivity contribution is 0.332. The van der Waals surface area contributed by atoms with Crippen LogP contribution in [0.1, 0.15) is 19.4 Å². The van der Waals surface area contributed by atoms with Crippen LogP contribution in [0.2, 0.25) is 0 Å². The lowest BCUT2D eigenvalue weighted by Crippen LogP contribution is -2.32. The summed E-state index contributed by atoms with van der Waals surface area (Å²) in [4.78, 5) is 2.19. The second-order valence-corrected chi connectivity index (χ2v) is 5.40. The molecule has 0 aromatic heterocycles. The smallest absolute Gasteiger partial charge is 0.159 e. The van der Waals surface area contributed by atoms with E-state index < -0.39 is 11.6 Å². The number of nitrogens with one attached hydrogen (secondary N) is 1. The average molecular weight is 270 g/mol. The van der Waals surface area contributed by atoms with Crippen molar-refractivity contribution in [2.45, 2.75) is 20.3 Å². The monoisotopic (exact) mass is 270 g/mol. The summed E-state index contributed by atoms with van der Waals surface area (Å²) < 4.78 is 25.8. The number of halogens is 2. The zero-order chi connectivity index (χ0) is 14.3. The van der Waals surface area contributed by atoms with Gasteiger partial charge < -0.3 is 10.2 Å². The van der Waals surface area contributed by atoms with Crippen molar-refractivity contribution in [3.63, 3.8) is 0 Å². The second kappa shape index (κ2) is 8.23. The molecule has 19 heavy (non-hydrogen) atoms. The average Bonchev–Trinajstić information content (AvgIpc) is 2.36. The summed E-state index contributed by atoms with van der Waals surface area (Å²) in [6, 6.07) is 4.11. The molecule has 0 unspecified atom stereocenters. The summed E-state index contributed by atoms with van der Waals surface area (Å²) in [5, 5.41) is 3.38. The Morgan fingerprint density at radius 3 is 2.53 bits per heavy atom. The molecule has 1 rings (SSSR count). The summed E-state index contributed by atoms with van der Waals surface area (Å²) in [5.41, 5.74) is 0.834. The van der Waals surface area contributed by atoms with Gasteiger partial charge in [-0.05, 0) is 43.6 Å². The Kier molecular flexibility index (Phi) is 6.95. The molecule has 0 amide bonds. The molecule has 0 saturated heterocycles. The normalized spacial score (nSPS) is 11.5. The third-order valence-electron chi connectivity index (χ3n) is 2.99. The Hall–Kier alpha value is -1.00. The lowest BCUT2D eigenvalue weighted by Gasteiger charge is -2.17. The van der Waals surface area contributed by atoms with Crippen LogP contribution in [0.4, 0.5) is 8.78 Å². The fraction of sp³-hybridized carbons (Fsp3) is 0.600.